The third-order valence-electron chi connectivity index (χ3n) is 1.48. The minimum atomic E-state index is 0. The number of rotatable bonds is 3. The van der Waals surface area contributed by atoms with Gasteiger partial charge in [-0.3, -0.25) is 0 Å². The Labute approximate surface area is 94.0 Å². The van der Waals surface area contributed by atoms with Gasteiger partial charge in [0.2, 0.25) is 5.82 Å². The van der Waals surface area contributed by atoms with Gasteiger partial charge in [0.25, 0.3) is 0 Å². The molecule has 2 rings (SSSR count). The van der Waals surface area contributed by atoms with Gasteiger partial charge in [0.15, 0.2) is 0 Å². The third-order valence-corrected chi connectivity index (χ3v) is 2.37. The molecule has 0 atom stereocenters. The van der Waals surface area contributed by atoms with E-state index in [0.29, 0.717) is 12.4 Å². The van der Waals surface area contributed by atoms with Crippen LogP contribution < -0.4 is 4.74 Å². The van der Waals surface area contributed by atoms with Gasteiger partial charge in [-0.05, 0) is 23.6 Å². The summed E-state index contributed by atoms with van der Waals surface area (Å²) in [4.78, 5) is 0.913. The molecule has 0 aliphatic carbocycles. The van der Waals surface area contributed by atoms with E-state index in [0.717, 1.165) is 10.6 Å². The van der Waals surface area contributed by atoms with E-state index in [9.17, 15) is 0 Å². The Morgan fingerprint density at radius 2 is 2.33 bits per heavy atom. The number of thiophene rings is 1. The molecule has 0 aliphatic heterocycles. The van der Waals surface area contributed by atoms with Crippen LogP contribution in [0.5, 0.6) is 5.75 Å². The smallest absolute Gasteiger partial charge is 0.218 e. The summed E-state index contributed by atoms with van der Waals surface area (Å²) in [5, 5.41) is 15.6. The van der Waals surface area contributed by atoms with E-state index < -0.39 is 0 Å². The van der Waals surface area contributed by atoms with E-state index in [1.807, 2.05) is 32.2 Å². The summed E-state index contributed by atoms with van der Waals surface area (Å²) in [6, 6.07) is 1.90. The van der Waals surface area contributed by atoms with E-state index in [-0.39, 0.29) is 1.43 Å². The molecular formula is C9H16N4OS. The van der Waals surface area contributed by atoms with E-state index in [2.05, 4.69) is 20.6 Å². The molecule has 2 aromatic heterocycles. The zero-order valence-corrected chi connectivity index (χ0v) is 9.84. The molecule has 1 N–H and O–H groups in total. The SMILES string of the molecule is CC.CCOc1ccsc1-c1nn[nH]n1.[HH]. The highest BCUT2D eigenvalue weighted by Crippen LogP contribution is 2.32. The minimum Gasteiger partial charge on any atom is -0.492 e. The van der Waals surface area contributed by atoms with Crippen LogP contribution in [0.4, 0.5) is 0 Å². The van der Waals surface area contributed by atoms with Crippen molar-refractivity contribution in [1.29, 1.82) is 0 Å². The summed E-state index contributed by atoms with van der Waals surface area (Å²) in [6.07, 6.45) is 0. The zero-order valence-electron chi connectivity index (χ0n) is 9.02. The number of aromatic amines is 1. The number of tetrazole rings is 1. The highest BCUT2D eigenvalue weighted by Gasteiger charge is 2.11. The van der Waals surface area contributed by atoms with Crippen molar-refractivity contribution in [2.75, 3.05) is 6.61 Å². The van der Waals surface area contributed by atoms with E-state index >= 15 is 0 Å². The van der Waals surface area contributed by atoms with Gasteiger partial charge in [-0.1, -0.05) is 13.8 Å². The van der Waals surface area contributed by atoms with Crippen molar-refractivity contribution >= 4 is 11.3 Å². The fourth-order valence-electron chi connectivity index (χ4n) is 0.988. The lowest BCUT2D eigenvalue weighted by atomic mass is 10.4. The Kier molecular flexibility index (Phi) is 4.76. The van der Waals surface area contributed by atoms with Gasteiger partial charge in [0, 0.05) is 1.43 Å². The second-order valence-corrected chi connectivity index (χ2v) is 3.20. The fourth-order valence-corrected chi connectivity index (χ4v) is 1.75. The van der Waals surface area contributed by atoms with Crippen LogP contribution >= 0.6 is 11.3 Å². The van der Waals surface area contributed by atoms with Crippen molar-refractivity contribution in [3.05, 3.63) is 11.4 Å². The summed E-state index contributed by atoms with van der Waals surface area (Å²) >= 11 is 1.54. The van der Waals surface area contributed by atoms with Gasteiger partial charge in [-0.2, -0.15) is 5.21 Å². The lowest BCUT2D eigenvalue weighted by Crippen LogP contribution is -1.91. The lowest BCUT2D eigenvalue weighted by Gasteiger charge is -1.99. The summed E-state index contributed by atoms with van der Waals surface area (Å²) in [5.74, 6) is 1.40. The second kappa shape index (κ2) is 6.13. The van der Waals surface area contributed by atoms with Gasteiger partial charge in [0.05, 0.1) is 6.61 Å². The molecular weight excluding hydrogens is 212 g/mol. The first-order valence-electron chi connectivity index (χ1n) is 4.86. The number of H-pyrrole nitrogens is 1. The highest BCUT2D eigenvalue weighted by atomic mass is 32.1. The van der Waals surface area contributed by atoms with Crippen molar-refractivity contribution in [3.8, 4) is 16.5 Å². The Balaban J connectivity index is 0.000000711. The van der Waals surface area contributed by atoms with Crippen molar-refractivity contribution in [2.24, 2.45) is 0 Å². The molecule has 84 valence electrons. The molecule has 2 heterocycles. The molecule has 0 saturated carbocycles. The van der Waals surface area contributed by atoms with Crippen molar-refractivity contribution in [1.82, 2.24) is 20.6 Å². The van der Waals surface area contributed by atoms with Crippen LogP contribution in [-0.4, -0.2) is 27.2 Å². The molecule has 2 aromatic rings. The number of nitrogens with one attached hydrogen (secondary N) is 1. The van der Waals surface area contributed by atoms with E-state index in [4.69, 9.17) is 4.74 Å². The topological polar surface area (TPSA) is 63.7 Å². The molecule has 0 amide bonds. The van der Waals surface area contributed by atoms with E-state index in [1.54, 1.807) is 0 Å². The molecule has 0 fully saturated rings. The fraction of sp³-hybridized carbons (Fsp3) is 0.444. The largest absolute Gasteiger partial charge is 0.492 e. The van der Waals surface area contributed by atoms with Crippen LogP contribution in [0.1, 0.15) is 22.2 Å². The highest BCUT2D eigenvalue weighted by molar-refractivity contribution is 7.13. The van der Waals surface area contributed by atoms with Crippen LogP contribution in [-0.2, 0) is 0 Å². The van der Waals surface area contributed by atoms with Crippen LogP contribution in [0.15, 0.2) is 11.4 Å². The first kappa shape index (κ1) is 11.6. The standard InChI is InChI=1S/C7H8N4OS.C2H6.H2/c1-2-12-5-3-4-13-6(5)7-8-10-11-9-7;1-2;/h3-4H,2H2,1H3,(H,8,9,10,11);1-2H3;1H. The Bertz CT molecular complexity index is 377. The summed E-state index contributed by atoms with van der Waals surface area (Å²) in [5.41, 5.74) is 0. The van der Waals surface area contributed by atoms with Crippen LogP contribution in [0.3, 0.4) is 0 Å². The average Bonchev–Trinajstić information content (AvgIpc) is 2.90. The molecule has 0 saturated heterocycles. The molecule has 0 aliphatic rings. The summed E-state index contributed by atoms with van der Waals surface area (Å²) in [6.45, 7) is 6.58. The first-order chi connectivity index (χ1) is 7.42. The maximum absolute atomic E-state index is 5.39. The normalized spacial score (nSPS) is 9.27. The van der Waals surface area contributed by atoms with Crippen molar-refractivity contribution in [2.45, 2.75) is 20.8 Å². The van der Waals surface area contributed by atoms with Gasteiger partial charge >= 0.3 is 0 Å². The first-order valence-corrected chi connectivity index (χ1v) is 5.74. The number of nitrogens with zero attached hydrogens (tertiary/aromatic N) is 3. The Hall–Kier alpha value is -1.43. The van der Waals surface area contributed by atoms with Crippen molar-refractivity contribution in [3.63, 3.8) is 0 Å². The molecule has 0 radical (unpaired) electrons. The third kappa shape index (κ3) is 2.76. The monoisotopic (exact) mass is 228 g/mol. The summed E-state index contributed by atoms with van der Waals surface area (Å²) in [7, 11) is 0. The zero-order chi connectivity index (χ0) is 11.1. The molecule has 0 aromatic carbocycles. The molecule has 6 heteroatoms. The van der Waals surface area contributed by atoms with Gasteiger partial charge in [-0.25, -0.2) is 0 Å². The summed E-state index contributed by atoms with van der Waals surface area (Å²) < 4.78 is 5.39. The molecule has 15 heavy (non-hydrogen) atoms. The van der Waals surface area contributed by atoms with Gasteiger partial charge in [-0.15, -0.1) is 21.5 Å². The Morgan fingerprint density at radius 3 is 2.93 bits per heavy atom. The second-order valence-electron chi connectivity index (χ2n) is 2.28. The Morgan fingerprint density at radius 1 is 1.53 bits per heavy atom. The number of aromatic nitrogens is 4. The van der Waals surface area contributed by atoms with E-state index in [1.165, 1.54) is 11.3 Å². The van der Waals surface area contributed by atoms with Crippen LogP contribution in [0.2, 0.25) is 0 Å². The molecule has 5 nitrogen and oxygen atoms in total. The predicted octanol–water partition coefficient (Wildman–Crippen LogP) is 2.60. The minimum absolute atomic E-state index is 0. The van der Waals surface area contributed by atoms with Gasteiger partial charge < -0.3 is 4.74 Å². The number of hydrogen-bond acceptors (Lipinski definition) is 5. The maximum Gasteiger partial charge on any atom is 0.218 e. The van der Waals surface area contributed by atoms with Crippen molar-refractivity contribution < 1.29 is 6.16 Å². The van der Waals surface area contributed by atoms with Gasteiger partial charge in [0.1, 0.15) is 10.6 Å². The van der Waals surface area contributed by atoms with Crippen LogP contribution in [0.25, 0.3) is 10.7 Å². The lowest BCUT2D eigenvalue weighted by molar-refractivity contribution is 0.343. The average molecular weight is 228 g/mol. The molecule has 0 unspecified atom stereocenters. The van der Waals surface area contributed by atoms with Crippen LogP contribution in [0, 0.1) is 0 Å². The number of ether oxygens (including phenoxy) is 1. The quantitative estimate of drug-likeness (QED) is 0.877. The predicted molar refractivity (Wildman–Crippen MR) is 62.1 cm³/mol. The maximum atomic E-state index is 5.39. The number of hydrogen-bond donors (Lipinski definition) is 1. The molecule has 0 spiro atoms. The molecule has 0 bridgehead atoms.